The maximum Gasteiger partial charge on any atom is 0.335 e. The second-order valence-corrected chi connectivity index (χ2v) is 4.58. The summed E-state index contributed by atoms with van der Waals surface area (Å²) >= 11 is 0. The van der Waals surface area contributed by atoms with Crippen molar-refractivity contribution in [2.24, 2.45) is 0 Å². The minimum atomic E-state index is -0.519. The monoisotopic (exact) mass is 277 g/mol. The first-order valence-electron chi connectivity index (χ1n) is 6.46. The molecule has 20 heavy (non-hydrogen) atoms. The van der Waals surface area contributed by atoms with Gasteiger partial charge in [-0.05, 0) is 37.1 Å². The van der Waals surface area contributed by atoms with Gasteiger partial charge in [0.25, 0.3) is 0 Å². The lowest BCUT2D eigenvalue weighted by atomic mass is 10.0. The summed E-state index contributed by atoms with van der Waals surface area (Å²) in [5.74, 6) is -0.952. The third kappa shape index (κ3) is 2.87. The van der Waals surface area contributed by atoms with Crippen LogP contribution >= 0.6 is 0 Å². The number of halogens is 1. The van der Waals surface area contributed by atoms with E-state index in [1.54, 1.807) is 13.0 Å². The van der Waals surface area contributed by atoms with Gasteiger partial charge in [0.05, 0.1) is 13.2 Å². The van der Waals surface area contributed by atoms with Gasteiger partial charge in [-0.15, -0.1) is 0 Å². The number of hydrogen-bond acceptors (Lipinski definition) is 3. The minimum absolute atomic E-state index is 0.0658. The molecule has 1 aliphatic heterocycles. The summed E-state index contributed by atoms with van der Waals surface area (Å²) < 4.78 is 18.1. The van der Waals surface area contributed by atoms with E-state index < -0.39 is 5.97 Å². The minimum Gasteiger partial charge on any atom is -0.463 e. The molecule has 0 atom stereocenters. The van der Waals surface area contributed by atoms with Gasteiger partial charge in [0.2, 0.25) is 5.91 Å². The molecule has 0 saturated heterocycles. The summed E-state index contributed by atoms with van der Waals surface area (Å²) in [5, 5.41) is 0. The Balaban J connectivity index is 2.22. The first-order chi connectivity index (χ1) is 9.52. The fourth-order valence-electron chi connectivity index (χ4n) is 2.19. The molecule has 1 heterocycles. The van der Waals surface area contributed by atoms with Crippen molar-refractivity contribution in [1.82, 2.24) is 0 Å². The molecule has 106 valence electrons. The fraction of sp³-hybridized carbons (Fsp3) is 0.333. The third-order valence-corrected chi connectivity index (χ3v) is 3.15. The molecule has 0 bridgehead atoms. The molecule has 2 rings (SSSR count). The van der Waals surface area contributed by atoms with Crippen LogP contribution in [0.4, 0.5) is 10.1 Å². The van der Waals surface area contributed by atoms with Gasteiger partial charge in [-0.1, -0.05) is 6.58 Å². The number of anilines is 1. The van der Waals surface area contributed by atoms with Crippen molar-refractivity contribution in [2.45, 2.75) is 19.8 Å². The Morgan fingerprint density at radius 1 is 1.45 bits per heavy atom. The Kier molecular flexibility index (Phi) is 4.17. The molecule has 0 radical (unpaired) electrons. The van der Waals surface area contributed by atoms with Crippen molar-refractivity contribution in [3.8, 4) is 0 Å². The van der Waals surface area contributed by atoms with Gasteiger partial charge in [-0.2, -0.15) is 0 Å². The highest BCUT2D eigenvalue weighted by Gasteiger charge is 2.26. The van der Waals surface area contributed by atoms with Gasteiger partial charge in [0.15, 0.2) is 0 Å². The molecule has 1 aliphatic rings. The summed E-state index contributed by atoms with van der Waals surface area (Å²) in [4.78, 5) is 25.0. The number of aryl methyl sites for hydroxylation is 1. The summed E-state index contributed by atoms with van der Waals surface area (Å²) in [7, 11) is 0. The zero-order chi connectivity index (χ0) is 14.7. The summed E-state index contributed by atoms with van der Waals surface area (Å²) in [6, 6.07) is 4.28. The second-order valence-electron chi connectivity index (χ2n) is 4.58. The lowest BCUT2D eigenvalue weighted by Crippen LogP contribution is -2.37. The molecule has 1 amide bonds. The first kappa shape index (κ1) is 14.2. The average Bonchev–Trinajstić information content (AvgIpc) is 2.42. The molecule has 0 saturated carbocycles. The van der Waals surface area contributed by atoms with Gasteiger partial charge in [0.1, 0.15) is 5.82 Å². The van der Waals surface area contributed by atoms with E-state index in [4.69, 9.17) is 4.74 Å². The fourth-order valence-corrected chi connectivity index (χ4v) is 2.19. The summed E-state index contributed by atoms with van der Waals surface area (Å²) in [5.41, 5.74) is 1.60. The van der Waals surface area contributed by atoms with E-state index >= 15 is 0 Å². The lowest BCUT2D eigenvalue weighted by molar-refractivity contribution is -0.138. The zero-order valence-electron chi connectivity index (χ0n) is 11.3. The standard InChI is InChI=1S/C15H16FNO3/c1-3-20-15(19)10(2)9-17-13-6-5-12(16)8-11(13)4-7-14(17)18/h5-6,8H,2-4,7,9H2,1H3. The van der Waals surface area contributed by atoms with Crippen LogP contribution in [0.25, 0.3) is 0 Å². The number of fused-ring (bicyclic) bond motifs is 1. The molecule has 0 aromatic heterocycles. The van der Waals surface area contributed by atoms with Crippen LogP contribution in [0.1, 0.15) is 18.9 Å². The number of benzene rings is 1. The quantitative estimate of drug-likeness (QED) is 0.626. The number of ether oxygens (including phenoxy) is 1. The third-order valence-electron chi connectivity index (χ3n) is 3.15. The van der Waals surface area contributed by atoms with Gasteiger partial charge in [0, 0.05) is 17.7 Å². The van der Waals surface area contributed by atoms with Crippen LogP contribution in [0.3, 0.4) is 0 Å². The van der Waals surface area contributed by atoms with E-state index in [1.807, 2.05) is 0 Å². The van der Waals surface area contributed by atoms with Crippen molar-refractivity contribution >= 4 is 17.6 Å². The number of esters is 1. The normalized spacial score (nSPS) is 13.9. The molecular formula is C15H16FNO3. The highest BCUT2D eigenvalue weighted by molar-refractivity contribution is 5.99. The average molecular weight is 277 g/mol. The van der Waals surface area contributed by atoms with Crippen molar-refractivity contribution in [1.29, 1.82) is 0 Å². The molecule has 0 fully saturated rings. The van der Waals surface area contributed by atoms with E-state index in [0.717, 1.165) is 5.56 Å². The highest BCUT2D eigenvalue weighted by Crippen LogP contribution is 2.29. The molecule has 0 N–H and O–H groups in total. The second kappa shape index (κ2) is 5.86. The maximum absolute atomic E-state index is 13.2. The number of carbonyl (C=O) groups excluding carboxylic acids is 2. The molecule has 0 aliphatic carbocycles. The number of carbonyl (C=O) groups is 2. The first-order valence-corrected chi connectivity index (χ1v) is 6.46. The van der Waals surface area contributed by atoms with Crippen molar-refractivity contribution in [3.63, 3.8) is 0 Å². The van der Waals surface area contributed by atoms with E-state index in [9.17, 15) is 14.0 Å². The van der Waals surface area contributed by atoms with Gasteiger partial charge >= 0.3 is 5.97 Å². The van der Waals surface area contributed by atoms with Crippen molar-refractivity contribution in [3.05, 3.63) is 41.7 Å². The predicted octanol–water partition coefficient (Wildman–Crippen LogP) is 2.22. The number of rotatable bonds is 4. The predicted molar refractivity (Wildman–Crippen MR) is 72.8 cm³/mol. The highest BCUT2D eigenvalue weighted by atomic mass is 19.1. The Morgan fingerprint density at radius 3 is 2.90 bits per heavy atom. The molecule has 1 aromatic carbocycles. The molecule has 5 heteroatoms. The lowest BCUT2D eigenvalue weighted by Gasteiger charge is -2.29. The van der Waals surface area contributed by atoms with Crippen LogP contribution in [0.2, 0.25) is 0 Å². The molecule has 0 spiro atoms. The van der Waals surface area contributed by atoms with Crippen LogP contribution in [0.5, 0.6) is 0 Å². The van der Waals surface area contributed by atoms with Gasteiger partial charge in [-0.25, -0.2) is 9.18 Å². The van der Waals surface area contributed by atoms with E-state index in [2.05, 4.69) is 6.58 Å². The zero-order valence-corrected chi connectivity index (χ0v) is 11.3. The Bertz CT molecular complexity index is 568. The van der Waals surface area contributed by atoms with Crippen molar-refractivity contribution in [2.75, 3.05) is 18.1 Å². The Hall–Kier alpha value is -2.17. The van der Waals surface area contributed by atoms with E-state index in [0.29, 0.717) is 18.5 Å². The van der Waals surface area contributed by atoms with Crippen LogP contribution < -0.4 is 4.90 Å². The molecule has 4 nitrogen and oxygen atoms in total. The van der Waals surface area contributed by atoms with Crippen LogP contribution in [-0.2, 0) is 20.7 Å². The number of amides is 1. The van der Waals surface area contributed by atoms with Crippen molar-refractivity contribution < 1.29 is 18.7 Å². The van der Waals surface area contributed by atoms with Gasteiger partial charge < -0.3 is 9.64 Å². The van der Waals surface area contributed by atoms with Crippen LogP contribution in [0, 0.1) is 5.82 Å². The maximum atomic E-state index is 13.2. The topological polar surface area (TPSA) is 46.6 Å². The summed E-state index contributed by atoms with van der Waals surface area (Å²) in [6.45, 7) is 5.68. The number of nitrogens with zero attached hydrogens (tertiary/aromatic N) is 1. The molecule has 1 aromatic rings. The summed E-state index contributed by atoms with van der Waals surface area (Å²) in [6.07, 6.45) is 0.806. The SMILES string of the molecule is C=C(CN1C(=O)CCc2cc(F)ccc21)C(=O)OCC. The Labute approximate surface area is 116 Å². The Morgan fingerprint density at radius 2 is 2.20 bits per heavy atom. The molecular weight excluding hydrogens is 261 g/mol. The van der Waals surface area contributed by atoms with E-state index in [-0.39, 0.29) is 30.4 Å². The van der Waals surface area contributed by atoms with Crippen LogP contribution in [-0.4, -0.2) is 25.0 Å². The smallest absolute Gasteiger partial charge is 0.335 e. The number of hydrogen-bond donors (Lipinski definition) is 0. The van der Waals surface area contributed by atoms with Crippen LogP contribution in [0.15, 0.2) is 30.4 Å². The van der Waals surface area contributed by atoms with E-state index in [1.165, 1.54) is 17.0 Å². The largest absolute Gasteiger partial charge is 0.463 e. The van der Waals surface area contributed by atoms with Gasteiger partial charge in [-0.3, -0.25) is 4.79 Å². The molecule has 0 unspecified atom stereocenters.